The summed E-state index contributed by atoms with van der Waals surface area (Å²) in [6, 6.07) is 5.32. The Hall–Kier alpha value is -2.08. The number of methoxy groups -OCH3 is 2. The van der Waals surface area contributed by atoms with Crippen LogP contribution in [0.25, 0.3) is 0 Å². The highest BCUT2D eigenvalue weighted by atomic mass is 35.5. The van der Waals surface area contributed by atoms with Crippen molar-refractivity contribution in [1.82, 2.24) is 9.97 Å². The van der Waals surface area contributed by atoms with Gasteiger partial charge in [0.25, 0.3) is 0 Å². The lowest BCUT2D eigenvalue weighted by atomic mass is 10.1. The summed E-state index contributed by atoms with van der Waals surface area (Å²) in [7, 11) is 3.19. The van der Waals surface area contributed by atoms with Crippen molar-refractivity contribution < 1.29 is 13.9 Å². The number of nitrogens with zero attached hydrogens (tertiary/aromatic N) is 2. The predicted molar refractivity (Wildman–Crippen MR) is 88.1 cm³/mol. The van der Waals surface area contributed by atoms with Crippen LogP contribution in [-0.4, -0.2) is 24.2 Å². The van der Waals surface area contributed by atoms with Crippen molar-refractivity contribution in [2.24, 2.45) is 0 Å². The molecule has 5 nitrogen and oxygen atoms in total. The fourth-order valence-electron chi connectivity index (χ4n) is 2.22. The third-order valence-corrected chi connectivity index (χ3v) is 3.82. The van der Waals surface area contributed by atoms with Crippen molar-refractivity contribution in [3.63, 3.8) is 0 Å². The first-order valence-electron chi connectivity index (χ1n) is 7.10. The van der Waals surface area contributed by atoms with Gasteiger partial charge in [-0.2, -0.15) is 0 Å². The van der Waals surface area contributed by atoms with Gasteiger partial charge in [-0.3, -0.25) is 0 Å². The first-order chi connectivity index (χ1) is 11.0. The molecule has 1 heterocycles. The van der Waals surface area contributed by atoms with Crippen LogP contribution in [0.3, 0.4) is 0 Å². The average Bonchev–Trinajstić information content (AvgIpc) is 2.55. The van der Waals surface area contributed by atoms with Gasteiger partial charge in [0.1, 0.15) is 34.8 Å². The van der Waals surface area contributed by atoms with E-state index in [1.165, 1.54) is 13.3 Å². The van der Waals surface area contributed by atoms with Gasteiger partial charge in [0.2, 0.25) is 0 Å². The van der Waals surface area contributed by atoms with E-state index < -0.39 is 6.17 Å². The fraction of sp³-hybridized carbons (Fsp3) is 0.375. The maximum absolute atomic E-state index is 13.5. The van der Waals surface area contributed by atoms with E-state index in [2.05, 4.69) is 15.3 Å². The summed E-state index contributed by atoms with van der Waals surface area (Å²) < 4.78 is 24.1. The number of anilines is 1. The second-order valence-electron chi connectivity index (χ2n) is 5.01. The number of rotatable bonds is 6. The Morgan fingerprint density at radius 1 is 1.17 bits per heavy atom. The maximum atomic E-state index is 13.5. The molecule has 2 atom stereocenters. The summed E-state index contributed by atoms with van der Waals surface area (Å²) in [6.07, 6.45) is 0.0162. The molecule has 1 aromatic carbocycles. The van der Waals surface area contributed by atoms with Gasteiger partial charge in [-0.25, -0.2) is 14.4 Å². The highest BCUT2D eigenvalue weighted by molar-refractivity contribution is 6.33. The highest BCUT2D eigenvalue weighted by Gasteiger charge is 2.18. The molecule has 124 valence electrons. The van der Waals surface area contributed by atoms with Crippen molar-refractivity contribution in [1.29, 1.82) is 0 Å². The lowest BCUT2D eigenvalue weighted by Crippen LogP contribution is -2.11. The van der Waals surface area contributed by atoms with Crippen LogP contribution in [0.15, 0.2) is 24.5 Å². The number of nitrogens with one attached hydrogen (secondary N) is 1. The zero-order chi connectivity index (χ0) is 17.0. The lowest BCUT2D eigenvalue weighted by Gasteiger charge is -2.20. The van der Waals surface area contributed by atoms with Crippen molar-refractivity contribution in [2.75, 3.05) is 19.5 Å². The van der Waals surface area contributed by atoms with Crippen LogP contribution in [0.4, 0.5) is 10.2 Å². The molecule has 0 bridgehead atoms. The van der Waals surface area contributed by atoms with Gasteiger partial charge in [-0.05, 0) is 32.0 Å². The summed E-state index contributed by atoms with van der Waals surface area (Å²) in [5.41, 5.74) is 1.03. The van der Waals surface area contributed by atoms with Crippen LogP contribution in [0.2, 0.25) is 5.02 Å². The summed E-state index contributed by atoms with van der Waals surface area (Å²) >= 11 is 6.18. The van der Waals surface area contributed by atoms with Crippen molar-refractivity contribution >= 4 is 17.4 Å². The van der Waals surface area contributed by atoms with Crippen molar-refractivity contribution in [2.45, 2.75) is 26.1 Å². The van der Waals surface area contributed by atoms with Crippen molar-refractivity contribution in [3.05, 3.63) is 40.8 Å². The van der Waals surface area contributed by atoms with Crippen LogP contribution >= 0.6 is 11.6 Å². The monoisotopic (exact) mass is 339 g/mol. The van der Waals surface area contributed by atoms with Gasteiger partial charge in [0.15, 0.2) is 0 Å². The largest absolute Gasteiger partial charge is 0.497 e. The molecule has 2 aromatic rings. The fourth-order valence-corrected chi connectivity index (χ4v) is 2.52. The Balaban J connectivity index is 2.32. The van der Waals surface area contributed by atoms with E-state index in [-0.39, 0.29) is 16.8 Å². The number of alkyl halides is 1. The quantitative estimate of drug-likeness (QED) is 0.847. The molecule has 7 heteroatoms. The third kappa shape index (κ3) is 3.82. The predicted octanol–water partition coefficient (Wildman–Crippen LogP) is 4.35. The van der Waals surface area contributed by atoms with Crippen LogP contribution < -0.4 is 14.8 Å². The zero-order valence-corrected chi connectivity index (χ0v) is 14.2. The molecule has 0 aliphatic heterocycles. The molecule has 0 spiro atoms. The lowest BCUT2D eigenvalue weighted by molar-refractivity contribution is 0.365. The molecule has 0 saturated heterocycles. The molecule has 23 heavy (non-hydrogen) atoms. The Morgan fingerprint density at radius 3 is 2.52 bits per heavy atom. The highest BCUT2D eigenvalue weighted by Crippen LogP contribution is 2.34. The van der Waals surface area contributed by atoms with E-state index in [9.17, 15) is 4.39 Å². The van der Waals surface area contributed by atoms with Gasteiger partial charge in [-0.1, -0.05) is 11.6 Å². The average molecular weight is 340 g/mol. The molecule has 1 N–H and O–H groups in total. The first-order valence-corrected chi connectivity index (χ1v) is 7.48. The van der Waals surface area contributed by atoms with E-state index in [4.69, 9.17) is 21.1 Å². The van der Waals surface area contributed by atoms with E-state index in [0.29, 0.717) is 17.3 Å². The summed E-state index contributed by atoms with van der Waals surface area (Å²) in [5.74, 6) is 1.79. The minimum absolute atomic E-state index is 0.161. The molecule has 0 amide bonds. The zero-order valence-electron chi connectivity index (χ0n) is 13.4. The van der Waals surface area contributed by atoms with Gasteiger partial charge in [-0.15, -0.1) is 0 Å². The maximum Gasteiger partial charge on any atom is 0.149 e. The second-order valence-corrected chi connectivity index (χ2v) is 5.39. The third-order valence-electron chi connectivity index (χ3n) is 3.45. The number of hydrogen-bond donors (Lipinski definition) is 1. The molecule has 0 saturated carbocycles. The second kappa shape index (κ2) is 7.46. The molecule has 0 fully saturated rings. The Labute approximate surface area is 139 Å². The standard InChI is InChI=1S/C16H19ClFN3O2/c1-9(18)15-14(17)16(20-8-19-15)21-10(2)12-7-11(22-3)5-6-13(12)23-4/h5-10H,1-4H3,(H,19,20,21). The summed E-state index contributed by atoms with van der Waals surface area (Å²) in [4.78, 5) is 7.97. The van der Waals surface area contributed by atoms with Gasteiger partial charge in [0.05, 0.1) is 26.0 Å². The Kier molecular flexibility index (Phi) is 5.60. The smallest absolute Gasteiger partial charge is 0.149 e. The number of benzene rings is 1. The molecule has 0 aliphatic rings. The first kappa shape index (κ1) is 17.3. The number of hydrogen-bond acceptors (Lipinski definition) is 5. The minimum atomic E-state index is -1.27. The molecule has 1 aromatic heterocycles. The van der Waals surface area contributed by atoms with Crippen LogP contribution in [0.1, 0.15) is 37.3 Å². The van der Waals surface area contributed by atoms with E-state index >= 15 is 0 Å². The number of ether oxygens (including phenoxy) is 2. The molecular formula is C16H19ClFN3O2. The minimum Gasteiger partial charge on any atom is -0.497 e. The number of aromatic nitrogens is 2. The molecule has 0 aliphatic carbocycles. The Bertz CT molecular complexity index is 682. The SMILES string of the molecule is COc1ccc(OC)c(C(C)Nc2ncnc(C(C)F)c2Cl)c1. The summed E-state index contributed by atoms with van der Waals surface area (Å²) in [6.45, 7) is 3.31. The van der Waals surface area contributed by atoms with Crippen LogP contribution in [0, 0.1) is 0 Å². The molecule has 0 radical (unpaired) electrons. The topological polar surface area (TPSA) is 56.3 Å². The Morgan fingerprint density at radius 2 is 1.91 bits per heavy atom. The van der Waals surface area contributed by atoms with Gasteiger partial charge >= 0.3 is 0 Å². The van der Waals surface area contributed by atoms with Gasteiger partial charge in [0, 0.05) is 5.56 Å². The molecule has 2 unspecified atom stereocenters. The normalized spacial score (nSPS) is 13.3. The van der Waals surface area contributed by atoms with Crippen LogP contribution in [0.5, 0.6) is 11.5 Å². The van der Waals surface area contributed by atoms with E-state index in [1.807, 2.05) is 25.1 Å². The van der Waals surface area contributed by atoms with Gasteiger partial charge < -0.3 is 14.8 Å². The van der Waals surface area contributed by atoms with Crippen molar-refractivity contribution in [3.8, 4) is 11.5 Å². The van der Waals surface area contributed by atoms with E-state index in [0.717, 1.165) is 5.56 Å². The van der Waals surface area contributed by atoms with Crippen LogP contribution in [-0.2, 0) is 0 Å². The molecular weight excluding hydrogens is 321 g/mol. The number of halogens is 2. The summed E-state index contributed by atoms with van der Waals surface area (Å²) in [5, 5.41) is 3.34. The van der Waals surface area contributed by atoms with E-state index in [1.54, 1.807) is 14.2 Å². The molecule has 2 rings (SSSR count).